The molecular weight excluding hydrogens is 680 g/mol. The van der Waals surface area contributed by atoms with Crippen LogP contribution in [0.3, 0.4) is 0 Å². The number of carbonyl (C=O) groups is 2. The van der Waals surface area contributed by atoms with Gasteiger partial charge in [-0.15, -0.1) is 0 Å². The number of fused-ring (bicyclic) bond motifs is 1. The lowest BCUT2D eigenvalue weighted by Gasteiger charge is -2.38. The normalized spacial score (nSPS) is 17.6. The number of para-hydroxylation sites is 1. The van der Waals surface area contributed by atoms with E-state index in [1.54, 1.807) is 84.0 Å². The highest BCUT2D eigenvalue weighted by Gasteiger charge is 2.58. The number of halogens is 1. The maximum absolute atomic E-state index is 15.0. The van der Waals surface area contributed by atoms with E-state index in [1.165, 1.54) is 27.4 Å². The summed E-state index contributed by atoms with van der Waals surface area (Å²) in [7, 11) is 0.165. The predicted octanol–water partition coefficient (Wildman–Crippen LogP) is 5.18. The Balaban J connectivity index is 1.37. The van der Waals surface area contributed by atoms with E-state index in [0.29, 0.717) is 54.6 Å². The average Bonchev–Trinajstić information content (AvgIpc) is 3.41. The molecule has 1 unspecified atom stereocenters. The second-order valence-electron chi connectivity index (χ2n) is 11.8. The van der Waals surface area contributed by atoms with E-state index in [9.17, 15) is 13.2 Å². The number of carbonyl (C=O) groups excluding carboxylic acids is 2. The number of hydrogen-bond acceptors (Lipinski definition) is 9. The van der Waals surface area contributed by atoms with Gasteiger partial charge in [-0.25, -0.2) is 12.7 Å². The molecule has 50 heavy (non-hydrogen) atoms. The molecule has 0 saturated carbocycles. The van der Waals surface area contributed by atoms with Crippen molar-refractivity contribution in [2.45, 2.75) is 11.8 Å². The number of anilines is 2. The van der Waals surface area contributed by atoms with E-state index in [-0.39, 0.29) is 28.6 Å². The maximum atomic E-state index is 15.0. The summed E-state index contributed by atoms with van der Waals surface area (Å²) in [6.45, 7) is 1.98. The van der Waals surface area contributed by atoms with Gasteiger partial charge in [0.1, 0.15) is 22.7 Å². The number of sulfonamides is 1. The fourth-order valence-electron chi connectivity index (χ4n) is 6.71. The van der Waals surface area contributed by atoms with E-state index >= 15 is 4.79 Å². The fraction of sp³-hybridized carbons (Fsp3) is 0.270. The first-order valence-corrected chi connectivity index (χ1v) is 17.9. The van der Waals surface area contributed by atoms with Gasteiger partial charge >= 0.3 is 0 Å². The van der Waals surface area contributed by atoms with Crippen molar-refractivity contribution in [2.24, 2.45) is 0 Å². The molecule has 1 saturated heterocycles. The second kappa shape index (κ2) is 14.4. The Hall–Kier alpha value is -5.07. The molecule has 4 aromatic rings. The number of benzene rings is 3. The molecule has 13 heteroatoms. The van der Waals surface area contributed by atoms with Crippen molar-refractivity contribution in [1.29, 1.82) is 0 Å². The predicted molar refractivity (Wildman–Crippen MR) is 193 cm³/mol. The number of pyridine rings is 1. The Labute approximate surface area is 296 Å². The third-order valence-electron chi connectivity index (χ3n) is 9.15. The highest BCUT2D eigenvalue weighted by molar-refractivity contribution is 7.93. The molecule has 6 rings (SSSR count). The quantitative estimate of drug-likeness (QED) is 0.207. The molecule has 2 aliphatic heterocycles. The van der Waals surface area contributed by atoms with Crippen molar-refractivity contribution in [3.05, 3.63) is 113 Å². The molecule has 3 heterocycles. The van der Waals surface area contributed by atoms with Crippen LogP contribution in [-0.2, 0) is 25.0 Å². The molecule has 3 aromatic carbocycles. The Morgan fingerprint density at radius 2 is 1.62 bits per heavy atom. The number of aromatic nitrogens is 1. The van der Waals surface area contributed by atoms with Gasteiger partial charge in [-0.2, -0.15) is 0 Å². The van der Waals surface area contributed by atoms with Gasteiger partial charge in [-0.05, 0) is 42.5 Å². The summed E-state index contributed by atoms with van der Waals surface area (Å²) >= 11 is 6.89. The zero-order valence-electron chi connectivity index (χ0n) is 27.9. The largest absolute Gasteiger partial charge is 0.497 e. The smallest absolute Gasteiger partial charge is 0.256 e. The van der Waals surface area contributed by atoms with Crippen molar-refractivity contribution < 1.29 is 32.2 Å². The number of nitrogens with zero attached hydrogens (tertiary/aromatic N) is 4. The summed E-state index contributed by atoms with van der Waals surface area (Å²) in [5, 5.41) is 0.160. The van der Waals surface area contributed by atoms with Gasteiger partial charge in [0.25, 0.3) is 5.91 Å². The minimum atomic E-state index is -4.34. The summed E-state index contributed by atoms with van der Waals surface area (Å²) < 4.78 is 45.7. The number of amides is 2. The fourth-order valence-corrected chi connectivity index (χ4v) is 8.39. The highest BCUT2D eigenvalue weighted by atomic mass is 35.5. The van der Waals surface area contributed by atoms with Crippen LogP contribution in [0.1, 0.15) is 23.1 Å². The molecule has 11 nitrogen and oxygen atoms in total. The Kier molecular flexibility index (Phi) is 10.0. The molecule has 1 fully saturated rings. The number of methoxy groups -OCH3 is 3. The van der Waals surface area contributed by atoms with Crippen LogP contribution in [0.25, 0.3) is 6.08 Å². The lowest BCUT2D eigenvalue weighted by Crippen LogP contribution is -2.52. The molecule has 0 aliphatic carbocycles. The van der Waals surface area contributed by atoms with Crippen LogP contribution < -0.4 is 23.4 Å². The Morgan fingerprint density at radius 3 is 2.32 bits per heavy atom. The molecule has 0 radical (unpaired) electrons. The van der Waals surface area contributed by atoms with Crippen LogP contribution in [0.2, 0.25) is 5.02 Å². The zero-order valence-corrected chi connectivity index (χ0v) is 29.5. The van der Waals surface area contributed by atoms with E-state index in [0.717, 1.165) is 9.99 Å². The minimum Gasteiger partial charge on any atom is -0.497 e. The van der Waals surface area contributed by atoms with Crippen LogP contribution in [0.5, 0.6) is 17.2 Å². The molecule has 1 atom stereocenters. The van der Waals surface area contributed by atoms with Gasteiger partial charge in [0.2, 0.25) is 15.9 Å². The van der Waals surface area contributed by atoms with Crippen LogP contribution >= 0.6 is 11.6 Å². The molecule has 2 amide bonds. The zero-order chi connectivity index (χ0) is 35.5. The lowest BCUT2D eigenvalue weighted by atomic mass is 9.72. The number of hydrogen-bond donors (Lipinski definition) is 0. The topological polar surface area (TPSA) is 119 Å². The van der Waals surface area contributed by atoms with E-state index in [1.807, 2.05) is 12.1 Å². The van der Waals surface area contributed by atoms with Crippen molar-refractivity contribution in [3.63, 3.8) is 0 Å². The summed E-state index contributed by atoms with van der Waals surface area (Å²) in [6.07, 6.45) is 6.15. The van der Waals surface area contributed by atoms with Gasteiger partial charge < -0.3 is 24.0 Å². The Bertz CT molecular complexity index is 2030. The summed E-state index contributed by atoms with van der Waals surface area (Å²) in [6, 6.07) is 20.6. The second-order valence-corrected chi connectivity index (χ2v) is 14.1. The monoisotopic (exact) mass is 716 g/mol. The van der Waals surface area contributed by atoms with Crippen molar-refractivity contribution >= 4 is 50.9 Å². The summed E-state index contributed by atoms with van der Waals surface area (Å²) in [4.78, 5) is 37.3. The summed E-state index contributed by atoms with van der Waals surface area (Å²) in [5.74, 6) is -0.233. The number of piperazine rings is 1. The van der Waals surface area contributed by atoms with Gasteiger partial charge in [0.05, 0.1) is 32.8 Å². The molecule has 260 valence electrons. The first kappa shape index (κ1) is 34.8. The van der Waals surface area contributed by atoms with Crippen molar-refractivity contribution in [1.82, 2.24) is 9.88 Å². The highest BCUT2D eigenvalue weighted by Crippen LogP contribution is 2.54. The standard InChI is InChI=1S/C37H37ClN4O7S/c1-47-28-14-13-26(33(24-28)49-3)8-7-23-50(45,46)42-31-11-6-10-30(38)35(31)37(36(42)44,29-9-4-5-12-32(29)48-2)25-34(43)41-21-19-40(20-22-41)27-15-17-39-18-16-27/h4-18,24H,19-23,25H2,1-3H3. The van der Waals surface area contributed by atoms with Crippen LogP contribution in [0.4, 0.5) is 11.4 Å². The molecule has 0 spiro atoms. The first-order chi connectivity index (χ1) is 24.1. The van der Waals surface area contributed by atoms with Gasteiger partial charge in [-0.1, -0.05) is 48.0 Å². The van der Waals surface area contributed by atoms with Gasteiger partial charge in [-0.3, -0.25) is 14.6 Å². The van der Waals surface area contributed by atoms with Crippen molar-refractivity contribution in [3.8, 4) is 17.2 Å². The molecule has 0 bridgehead atoms. The van der Waals surface area contributed by atoms with E-state index in [2.05, 4.69) is 9.88 Å². The molecule has 0 N–H and O–H groups in total. The lowest BCUT2D eigenvalue weighted by molar-refractivity contribution is -0.135. The minimum absolute atomic E-state index is 0.0964. The van der Waals surface area contributed by atoms with E-state index in [4.69, 9.17) is 25.8 Å². The Morgan fingerprint density at radius 1 is 0.900 bits per heavy atom. The van der Waals surface area contributed by atoms with Gasteiger partial charge in [0.15, 0.2) is 0 Å². The summed E-state index contributed by atoms with van der Waals surface area (Å²) in [5.41, 5.74) is 0.517. The first-order valence-electron chi connectivity index (χ1n) is 16.0. The maximum Gasteiger partial charge on any atom is 0.256 e. The molecule has 1 aromatic heterocycles. The molecular formula is C37H37ClN4O7S. The number of ether oxygens (including phenoxy) is 3. The average molecular weight is 717 g/mol. The van der Waals surface area contributed by atoms with Crippen molar-refractivity contribution in [2.75, 3.05) is 62.5 Å². The number of rotatable bonds is 11. The van der Waals surface area contributed by atoms with Crippen LogP contribution in [0.15, 0.2) is 91.3 Å². The SMILES string of the molecule is COc1ccc(C=CCS(=O)(=O)N2C(=O)C(CC(=O)N3CCN(c4ccncc4)CC3)(c3ccccc3OC)c3c(Cl)cccc32)c(OC)c1. The van der Waals surface area contributed by atoms with Crippen LogP contribution in [0, 0.1) is 0 Å². The van der Waals surface area contributed by atoms with E-state index < -0.39 is 27.1 Å². The van der Waals surface area contributed by atoms with Gasteiger partial charge in [0, 0.05) is 78.5 Å². The van der Waals surface area contributed by atoms with Crippen LogP contribution in [-0.4, -0.2) is 83.4 Å². The third-order valence-corrected chi connectivity index (χ3v) is 11.0. The third kappa shape index (κ3) is 6.36. The molecule has 2 aliphatic rings.